The second kappa shape index (κ2) is 21.3. The van der Waals surface area contributed by atoms with Crippen LogP contribution >= 0.6 is 0 Å². The number of aromatic nitrogens is 2. The van der Waals surface area contributed by atoms with E-state index in [2.05, 4.69) is 20.6 Å². The maximum absolute atomic E-state index is 12.7. The molecule has 2 heterocycles. The van der Waals surface area contributed by atoms with E-state index in [0.717, 1.165) is 6.26 Å². The van der Waals surface area contributed by atoms with Gasteiger partial charge in [-0.15, -0.1) is 0 Å². The van der Waals surface area contributed by atoms with Crippen molar-refractivity contribution >= 4 is 45.3 Å². The zero-order valence-corrected chi connectivity index (χ0v) is 34.8. The quantitative estimate of drug-likeness (QED) is 0.0872. The highest BCUT2D eigenvalue weighted by Crippen LogP contribution is 2.27. The maximum atomic E-state index is 12.7. The highest BCUT2D eigenvalue weighted by Gasteiger charge is 2.16. The highest BCUT2D eigenvalue weighted by molar-refractivity contribution is 7.89. The largest absolute Gasteiger partial charge is 0.493 e. The van der Waals surface area contributed by atoms with Gasteiger partial charge >= 0.3 is 5.97 Å². The van der Waals surface area contributed by atoms with Crippen molar-refractivity contribution in [1.82, 2.24) is 14.7 Å². The average Bonchev–Trinajstić information content (AvgIpc) is 3.12. The third-order valence-electron chi connectivity index (χ3n) is 6.99. The second-order valence-corrected chi connectivity index (χ2v) is 16.2. The van der Waals surface area contributed by atoms with E-state index in [-0.39, 0.29) is 35.0 Å². The molecule has 0 aliphatic heterocycles. The van der Waals surface area contributed by atoms with Gasteiger partial charge in [-0.05, 0) is 88.1 Å². The molecule has 2 aromatic heterocycles. The number of ether oxygens (including phenoxy) is 4. The van der Waals surface area contributed by atoms with Crippen molar-refractivity contribution in [2.45, 2.75) is 67.6 Å². The lowest BCUT2D eigenvalue weighted by Gasteiger charge is -2.15. The van der Waals surface area contributed by atoms with E-state index in [9.17, 15) is 27.6 Å². The minimum absolute atomic E-state index is 0.0418. The van der Waals surface area contributed by atoms with Crippen LogP contribution in [0.1, 0.15) is 96.8 Å². The molecular weight excluding hydrogens is 771 g/mol. The Hall–Kier alpha value is -6.23. The number of carbonyl (C=O) groups is 4. The number of carboxylic acid groups (broad SMARTS) is 1. The van der Waals surface area contributed by atoms with Gasteiger partial charge in [0.1, 0.15) is 34.6 Å². The number of pyridine rings is 2. The van der Waals surface area contributed by atoms with Crippen LogP contribution in [0.4, 0.5) is 11.6 Å². The van der Waals surface area contributed by atoms with Crippen molar-refractivity contribution in [3.05, 3.63) is 95.3 Å². The molecule has 0 radical (unpaired) electrons. The SMILES string of the molecule is CC(C)COc1cc(OC(C)C)cc(C(=O)Nc2ccc(C(=O)NS(C)(=O)=O)cn2)c1.CC(C)COc1cc(OC(C)C)cc(C(=O)Nc2ccc(C(=O)O)cn2)c1. The molecule has 0 aliphatic carbocycles. The van der Waals surface area contributed by atoms with Crippen LogP contribution in [0.3, 0.4) is 0 Å². The van der Waals surface area contributed by atoms with Gasteiger partial charge < -0.3 is 34.7 Å². The lowest BCUT2D eigenvalue weighted by atomic mass is 10.1. The molecule has 3 amide bonds. The van der Waals surface area contributed by atoms with Crippen LogP contribution in [-0.2, 0) is 10.0 Å². The molecule has 16 nitrogen and oxygen atoms in total. The normalized spacial score (nSPS) is 11.1. The van der Waals surface area contributed by atoms with Gasteiger partial charge in [0, 0.05) is 35.7 Å². The van der Waals surface area contributed by atoms with Crippen LogP contribution in [0.5, 0.6) is 23.0 Å². The fourth-order valence-electron chi connectivity index (χ4n) is 4.58. The van der Waals surface area contributed by atoms with Crippen molar-refractivity contribution in [3.8, 4) is 23.0 Å². The minimum atomic E-state index is -3.68. The molecule has 17 heteroatoms. The number of carbonyl (C=O) groups excluding carboxylic acids is 3. The second-order valence-electron chi connectivity index (χ2n) is 14.4. The molecule has 2 aromatic carbocycles. The van der Waals surface area contributed by atoms with Gasteiger partial charge in [0.2, 0.25) is 10.0 Å². The number of sulfonamides is 1. The molecule has 4 aromatic rings. The van der Waals surface area contributed by atoms with E-state index in [1.165, 1.54) is 36.7 Å². The molecule has 4 rings (SSSR count). The number of nitrogens with zero attached hydrogens (tertiary/aromatic N) is 2. The molecular formula is C41H51N5O11S. The van der Waals surface area contributed by atoms with Crippen LogP contribution in [0.25, 0.3) is 0 Å². The lowest BCUT2D eigenvalue weighted by Crippen LogP contribution is -2.29. The van der Waals surface area contributed by atoms with E-state index in [1.54, 1.807) is 36.4 Å². The van der Waals surface area contributed by atoms with Gasteiger partial charge in [-0.25, -0.2) is 27.9 Å². The number of hydrogen-bond donors (Lipinski definition) is 4. The Labute approximate surface area is 338 Å². The van der Waals surface area contributed by atoms with Gasteiger partial charge in [0.25, 0.3) is 17.7 Å². The molecule has 58 heavy (non-hydrogen) atoms. The highest BCUT2D eigenvalue weighted by atomic mass is 32.2. The summed E-state index contributed by atoms with van der Waals surface area (Å²) in [6.07, 6.45) is 3.11. The molecule has 0 saturated carbocycles. The fraction of sp³-hybridized carbons (Fsp3) is 0.366. The Balaban J connectivity index is 0.000000313. The third-order valence-corrected chi connectivity index (χ3v) is 7.55. The monoisotopic (exact) mass is 821 g/mol. The summed E-state index contributed by atoms with van der Waals surface area (Å²) < 4.78 is 47.1. The molecule has 312 valence electrons. The Morgan fingerprint density at radius 1 is 0.586 bits per heavy atom. The summed E-state index contributed by atoms with van der Waals surface area (Å²) in [4.78, 5) is 56.0. The summed E-state index contributed by atoms with van der Waals surface area (Å²) in [5.74, 6) is 0.476. The van der Waals surface area contributed by atoms with Gasteiger partial charge in [0.15, 0.2) is 0 Å². The Morgan fingerprint density at radius 2 is 0.983 bits per heavy atom. The Morgan fingerprint density at radius 3 is 1.31 bits per heavy atom. The molecule has 0 unspecified atom stereocenters. The summed E-state index contributed by atoms with van der Waals surface area (Å²) in [5.41, 5.74) is 0.762. The predicted molar refractivity (Wildman–Crippen MR) is 219 cm³/mol. The zero-order chi connectivity index (χ0) is 43.2. The standard InChI is InChI=1S/C21H27N3O6S.C20H24N2O5/c1-13(2)12-29-17-8-16(9-18(10-17)30-14(3)4)20(25)23-19-7-6-15(11-22-19)21(26)24-31(5,27)28;1-12(2)11-26-16-7-15(8-17(9-16)27-13(3)4)19(23)22-18-6-5-14(10-21-18)20(24)25/h6-11,13-14H,12H2,1-5H3,(H,24,26)(H,22,23,25);5-10,12-13H,11H2,1-4H3,(H,24,25)(H,21,22,23). The molecule has 0 spiro atoms. The van der Waals surface area contributed by atoms with Crippen molar-refractivity contribution in [3.63, 3.8) is 0 Å². The van der Waals surface area contributed by atoms with Gasteiger partial charge in [-0.2, -0.15) is 0 Å². The minimum Gasteiger partial charge on any atom is -0.493 e. The van der Waals surface area contributed by atoms with E-state index in [0.29, 0.717) is 59.2 Å². The van der Waals surface area contributed by atoms with Gasteiger partial charge in [-0.1, -0.05) is 27.7 Å². The van der Waals surface area contributed by atoms with Crippen molar-refractivity contribution < 1.29 is 51.6 Å². The summed E-state index contributed by atoms with van der Waals surface area (Å²) in [6.45, 7) is 16.7. The molecule has 0 aliphatic rings. The van der Waals surface area contributed by atoms with Crippen LogP contribution in [-0.4, -0.2) is 78.9 Å². The Bertz CT molecular complexity index is 2140. The molecule has 0 saturated heterocycles. The van der Waals surface area contributed by atoms with E-state index < -0.39 is 33.7 Å². The van der Waals surface area contributed by atoms with Crippen LogP contribution < -0.4 is 34.3 Å². The summed E-state index contributed by atoms with van der Waals surface area (Å²) >= 11 is 0. The number of nitrogens with one attached hydrogen (secondary N) is 3. The van der Waals surface area contributed by atoms with Crippen LogP contribution in [0.15, 0.2) is 73.1 Å². The van der Waals surface area contributed by atoms with Crippen molar-refractivity contribution in [2.24, 2.45) is 11.8 Å². The molecule has 0 atom stereocenters. The smallest absolute Gasteiger partial charge is 0.337 e. The first-order valence-electron chi connectivity index (χ1n) is 18.4. The van der Waals surface area contributed by atoms with E-state index in [4.69, 9.17) is 24.1 Å². The number of hydrogen-bond acceptors (Lipinski definition) is 12. The van der Waals surface area contributed by atoms with E-state index in [1.807, 2.05) is 60.1 Å². The number of aromatic carboxylic acids is 1. The van der Waals surface area contributed by atoms with Crippen molar-refractivity contribution in [1.29, 1.82) is 0 Å². The number of anilines is 2. The average molecular weight is 822 g/mol. The topological polar surface area (TPSA) is 221 Å². The summed E-state index contributed by atoms with van der Waals surface area (Å²) in [5, 5.41) is 14.2. The lowest BCUT2D eigenvalue weighted by molar-refractivity contribution is 0.0695. The predicted octanol–water partition coefficient (Wildman–Crippen LogP) is 6.70. The van der Waals surface area contributed by atoms with Gasteiger partial charge in [0.05, 0.1) is 42.8 Å². The number of benzene rings is 2. The molecule has 0 bridgehead atoms. The first-order valence-corrected chi connectivity index (χ1v) is 20.3. The first kappa shape index (κ1) is 46.2. The van der Waals surface area contributed by atoms with Crippen LogP contribution in [0, 0.1) is 11.8 Å². The molecule has 4 N–H and O–H groups in total. The Kier molecular flexibility index (Phi) is 17.0. The number of amides is 3. The van der Waals surface area contributed by atoms with E-state index >= 15 is 0 Å². The fourth-order valence-corrected chi connectivity index (χ4v) is 5.03. The van der Waals surface area contributed by atoms with Gasteiger partial charge in [-0.3, -0.25) is 14.4 Å². The maximum Gasteiger partial charge on any atom is 0.337 e. The third kappa shape index (κ3) is 16.5. The van der Waals surface area contributed by atoms with Crippen molar-refractivity contribution in [2.75, 3.05) is 30.1 Å². The summed E-state index contributed by atoms with van der Waals surface area (Å²) in [7, 11) is -3.68. The number of carboxylic acids is 1. The molecule has 0 fully saturated rings. The number of rotatable bonds is 17. The summed E-state index contributed by atoms with van der Waals surface area (Å²) in [6, 6.07) is 15.5. The zero-order valence-electron chi connectivity index (χ0n) is 34.0. The van der Waals surface area contributed by atoms with Crippen LogP contribution in [0.2, 0.25) is 0 Å². The first-order chi connectivity index (χ1) is 27.2.